The summed E-state index contributed by atoms with van der Waals surface area (Å²) in [6, 6.07) is 10.5. The van der Waals surface area contributed by atoms with Crippen molar-refractivity contribution in [3.05, 3.63) is 54.1 Å². The molecule has 21 heavy (non-hydrogen) atoms. The monoisotopic (exact) mass is 297 g/mol. The maximum atomic E-state index is 12.1. The predicted molar refractivity (Wildman–Crippen MR) is 69.2 cm³/mol. The molecule has 2 aromatic rings. The van der Waals surface area contributed by atoms with E-state index in [9.17, 15) is 23.1 Å². The third kappa shape index (κ3) is 4.41. The molecule has 0 saturated heterocycles. The van der Waals surface area contributed by atoms with Gasteiger partial charge in [0.1, 0.15) is 11.5 Å². The highest BCUT2D eigenvalue weighted by atomic mass is 19.4. The highest BCUT2D eigenvalue weighted by Crippen LogP contribution is 2.25. The molecule has 0 bridgehead atoms. The van der Waals surface area contributed by atoms with Crippen LogP contribution in [0.25, 0.3) is 0 Å². The van der Waals surface area contributed by atoms with Crippen LogP contribution in [0.3, 0.4) is 0 Å². The quantitative estimate of drug-likeness (QED) is 0.911. The van der Waals surface area contributed by atoms with Gasteiger partial charge in [-0.05, 0) is 30.3 Å². The number of anilines is 1. The first-order valence-electron chi connectivity index (χ1n) is 5.80. The van der Waals surface area contributed by atoms with Gasteiger partial charge >= 0.3 is 6.36 Å². The van der Waals surface area contributed by atoms with E-state index in [0.717, 1.165) is 12.1 Å². The Hall–Kier alpha value is -2.70. The third-order valence-electron chi connectivity index (χ3n) is 2.43. The molecule has 2 aromatic carbocycles. The number of carbonyl (C=O) groups is 1. The standard InChI is InChI=1S/C14H10F3NO3/c15-14(16,17)21-12-6-2-4-10(8-12)18-13(20)9-3-1-5-11(19)7-9/h1-8,19H,(H,18,20). The van der Waals surface area contributed by atoms with Crippen LogP contribution in [0, 0.1) is 0 Å². The van der Waals surface area contributed by atoms with Crippen LogP contribution in [0.15, 0.2) is 48.5 Å². The van der Waals surface area contributed by atoms with Gasteiger partial charge in [-0.25, -0.2) is 0 Å². The van der Waals surface area contributed by atoms with Gasteiger partial charge in [-0.15, -0.1) is 13.2 Å². The summed E-state index contributed by atoms with van der Waals surface area (Å²) in [7, 11) is 0. The lowest BCUT2D eigenvalue weighted by molar-refractivity contribution is -0.274. The fraction of sp³-hybridized carbons (Fsp3) is 0.0714. The minimum Gasteiger partial charge on any atom is -0.508 e. The fourth-order valence-corrected chi connectivity index (χ4v) is 1.62. The smallest absolute Gasteiger partial charge is 0.508 e. The van der Waals surface area contributed by atoms with Gasteiger partial charge < -0.3 is 15.2 Å². The maximum Gasteiger partial charge on any atom is 0.573 e. The van der Waals surface area contributed by atoms with Crippen molar-refractivity contribution in [3.8, 4) is 11.5 Å². The summed E-state index contributed by atoms with van der Waals surface area (Å²) in [5.74, 6) is -1.08. The second kappa shape index (κ2) is 5.74. The molecule has 0 spiro atoms. The number of alkyl halides is 3. The van der Waals surface area contributed by atoms with Crippen LogP contribution in [-0.4, -0.2) is 17.4 Å². The number of ether oxygens (including phenoxy) is 1. The van der Waals surface area contributed by atoms with E-state index in [1.807, 2.05) is 0 Å². The Morgan fingerprint density at radius 1 is 1.10 bits per heavy atom. The van der Waals surface area contributed by atoms with E-state index < -0.39 is 18.0 Å². The molecule has 110 valence electrons. The average Bonchev–Trinajstić information content (AvgIpc) is 2.37. The van der Waals surface area contributed by atoms with Crippen LogP contribution in [0.2, 0.25) is 0 Å². The molecule has 2 rings (SSSR count). The fourth-order valence-electron chi connectivity index (χ4n) is 1.62. The molecule has 0 saturated carbocycles. The first-order chi connectivity index (χ1) is 9.83. The van der Waals surface area contributed by atoms with Crippen LogP contribution in [0.5, 0.6) is 11.5 Å². The topological polar surface area (TPSA) is 58.6 Å². The van der Waals surface area contributed by atoms with Crippen molar-refractivity contribution in [2.24, 2.45) is 0 Å². The second-order valence-electron chi connectivity index (χ2n) is 4.08. The Morgan fingerprint density at radius 3 is 2.48 bits per heavy atom. The summed E-state index contributed by atoms with van der Waals surface area (Å²) in [5, 5.41) is 11.7. The number of nitrogens with one attached hydrogen (secondary N) is 1. The van der Waals surface area contributed by atoms with Crippen LogP contribution >= 0.6 is 0 Å². The summed E-state index contributed by atoms with van der Waals surface area (Å²) in [6.07, 6.45) is -4.80. The summed E-state index contributed by atoms with van der Waals surface area (Å²) < 4.78 is 40.1. The van der Waals surface area contributed by atoms with Gasteiger partial charge in [0.15, 0.2) is 0 Å². The number of hydrogen-bond acceptors (Lipinski definition) is 3. The number of rotatable bonds is 3. The van der Waals surface area contributed by atoms with Crippen molar-refractivity contribution >= 4 is 11.6 Å². The zero-order valence-corrected chi connectivity index (χ0v) is 10.5. The largest absolute Gasteiger partial charge is 0.573 e. The van der Waals surface area contributed by atoms with Crippen molar-refractivity contribution in [1.29, 1.82) is 0 Å². The number of hydrogen-bond donors (Lipinski definition) is 2. The summed E-state index contributed by atoms with van der Waals surface area (Å²) in [5.41, 5.74) is 0.322. The van der Waals surface area contributed by atoms with Crippen molar-refractivity contribution < 1.29 is 27.8 Å². The van der Waals surface area contributed by atoms with Gasteiger partial charge in [0.05, 0.1) is 0 Å². The molecule has 0 heterocycles. The molecule has 0 radical (unpaired) electrons. The summed E-state index contributed by atoms with van der Waals surface area (Å²) >= 11 is 0. The lowest BCUT2D eigenvalue weighted by Crippen LogP contribution is -2.17. The number of phenolic OH excluding ortho intramolecular Hbond substituents is 1. The van der Waals surface area contributed by atoms with Gasteiger partial charge in [0.2, 0.25) is 0 Å². The second-order valence-corrected chi connectivity index (χ2v) is 4.08. The molecule has 0 aliphatic rings. The molecule has 4 nitrogen and oxygen atoms in total. The molecule has 1 amide bonds. The molecule has 0 fully saturated rings. The molecule has 2 N–H and O–H groups in total. The van der Waals surface area contributed by atoms with Crippen LogP contribution in [0.4, 0.5) is 18.9 Å². The van der Waals surface area contributed by atoms with Crippen molar-refractivity contribution in [2.75, 3.05) is 5.32 Å². The Bertz CT molecular complexity index is 656. The Balaban J connectivity index is 2.13. The van der Waals surface area contributed by atoms with Crippen LogP contribution < -0.4 is 10.1 Å². The van der Waals surface area contributed by atoms with E-state index in [-0.39, 0.29) is 17.0 Å². The molecule has 0 aromatic heterocycles. The van der Waals surface area contributed by atoms with Gasteiger partial charge in [-0.3, -0.25) is 4.79 Å². The first kappa shape index (κ1) is 14.7. The van der Waals surface area contributed by atoms with E-state index in [0.29, 0.717) is 0 Å². The number of halogens is 3. The van der Waals surface area contributed by atoms with E-state index in [4.69, 9.17) is 0 Å². The van der Waals surface area contributed by atoms with Crippen molar-refractivity contribution in [1.82, 2.24) is 0 Å². The SMILES string of the molecule is O=C(Nc1cccc(OC(F)(F)F)c1)c1cccc(O)c1. The number of aromatic hydroxyl groups is 1. The Kier molecular flexibility index (Phi) is 4.02. The van der Waals surface area contributed by atoms with Gasteiger partial charge in [0.25, 0.3) is 5.91 Å². The van der Waals surface area contributed by atoms with E-state index in [1.165, 1.54) is 36.4 Å². The molecule has 0 unspecified atom stereocenters. The third-order valence-corrected chi connectivity index (χ3v) is 2.43. The first-order valence-corrected chi connectivity index (χ1v) is 5.80. The van der Waals surface area contributed by atoms with Crippen molar-refractivity contribution in [2.45, 2.75) is 6.36 Å². The summed E-state index contributed by atoms with van der Waals surface area (Å²) in [6.45, 7) is 0. The molecule has 0 aliphatic heterocycles. The van der Waals surface area contributed by atoms with Gasteiger partial charge in [-0.2, -0.15) is 0 Å². The molecular formula is C14H10F3NO3. The number of carbonyl (C=O) groups excluding carboxylic acids is 1. The number of phenols is 1. The van der Waals surface area contributed by atoms with Crippen LogP contribution in [0.1, 0.15) is 10.4 Å². The normalized spacial score (nSPS) is 11.0. The van der Waals surface area contributed by atoms with Crippen LogP contribution in [-0.2, 0) is 0 Å². The highest BCUT2D eigenvalue weighted by molar-refractivity contribution is 6.04. The van der Waals surface area contributed by atoms with Crippen molar-refractivity contribution in [3.63, 3.8) is 0 Å². The minimum absolute atomic E-state index is 0.0863. The van der Waals surface area contributed by atoms with E-state index in [2.05, 4.69) is 10.1 Å². The lowest BCUT2D eigenvalue weighted by atomic mass is 10.2. The molecule has 0 aliphatic carbocycles. The number of benzene rings is 2. The maximum absolute atomic E-state index is 12.1. The van der Waals surface area contributed by atoms with E-state index in [1.54, 1.807) is 0 Å². The van der Waals surface area contributed by atoms with E-state index >= 15 is 0 Å². The minimum atomic E-state index is -4.80. The van der Waals surface area contributed by atoms with Gasteiger partial charge in [-0.1, -0.05) is 12.1 Å². The predicted octanol–water partition coefficient (Wildman–Crippen LogP) is 3.54. The van der Waals surface area contributed by atoms with Gasteiger partial charge in [0, 0.05) is 17.3 Å². The zero-order chi connectivity index (χ0) is 15.5. The Morgan fingerprint density at radius 2 is 1.81 bits per heavy atom. The highest BCUT2D eigenvalue weighted by Gasteiger charge is 2.31. The molecule has 7 heteroatoms. The lowest BCUT2D eigenvalue weighted by Gasteiger charge is -2.10. The molecule has 0 atom stereocenters. The Labute approximate surface area is 117 Å². The summed E-state index contributed by atoms with van der Waals surface area (Å²) in [4.78, 5) is 11.9. The molecular weight excluding hydrogens is 287 g/mol. The zero-order valence-electron chi connectivity index (χ0n) is 10.5. The average molecular weight is 297 g/mol. The number of amides is 1.